The summed E-state index contributed by atoms with van der Waals surface area (Å²) in [5, 5.41) is 24.8. The van der Waals surface area contributed by atoms with Gasteiger partial charge in [0, 0.05) is 11.8 Å². The highest BCUT2D eigenvalue weighted by atomic mass is 16.3. The van der Waals surface area contributed by atoms with Gasteiger partial charge in [-0.15, -0.1) is 0 Å². The number of benzene rings is 1. The van der Waals surface area contributed by atoms with Crippen molar-refractivity contribution in [2.75, 3.05) is 0 Å². The van der Waals surface area contributed by atoms with E-state index in [2.05, 4.69) is 10.2 Å². The number of phenols is 2. The van der Waals surface area contributed by atoms with Gasteiger partial charge in [0.1, 0.15) is 0 Å². The van der Waals surface area contributed by atoms with Crippen LogP contribution in [0, 0.1) is 0 Å². The van der Waals surface area contributed by atoms with Gasteiger partial charge in [0.15, 0.2) is 11.5 Å². The summed E-state index contributed by atoms with van der Waals surface area (Å²) in [5.74, 6) is -0.254. The van der Waals surface area contributed by atoms with Gasteiger partial charge in [-0.05, 0) is 24.3 Å². The lowest BCUT2D eigenvalue weighted by Crippen LogP contribution is -1.77. The van der Waals surface area contributed by atoms with Crippen LogP contribution in [-0.2, 0) is 0 Å². The van der Waals surface area contributed by atoms with Gasteiger partial charge in [-0.1, -0.05) is 0 Å². The lowest BCUT2D eigenvalue weighted by atomic mass is 10.1. The minimum Gasteiger partial charge on any atom is -0.504 e. The molecule has 4 heteroatoms. The highest BCUT2D eigenvalue weighted by molar-refractivity contribution is 5.62. The van der Waals surface area contributed by atoms with Crippen molar-refractivity contribution < 1.29 is 10.2 Å². The van der Waals surface area contributed by atoms with E-state index in [1.165, 1.54) is 12.1 Å². The number of nitrogens with zero attached hydrogens (tertiary/aromatic N) is 1. The van der Waals surface area contributed by atoms with Crippen LogP contribution in [0.25, 0.3) is 11.3 Å². The molecule has 4 nitrogen and oxygen atoms in total. The third kappa shape index (κ3) is 1.33. The largest absolute Gasteiger partial charge is 0.504 e. The first-order chi connectivity index (χ1) is 6.27. The van der Waals surface area contributed by atoms with Crippen LogP contribution in [0.1, 0.15) is 0 Å². The standard InChI is InChI=1S/C9H8N2O2/c12-8-2-1-6(5-9(8)13)7-3-4-10-11-7/h1-5,12-13H,(H,10,11). The van der Waals surface area contributed by atoms with E-state index in [9.17, 15) is 5.11 Å². The number of phenolic OH excluding ortho intramolecular Hbond substituents is 2. The van der Waals surface area contributed by atoms with Crippen LogP contribution in [0.3, 0.4) is 0 Å². The van der Waals surface area contributed by atoms with Crippen molar-refractivity contribution in [1.29, 1.82) is 0 Å². The summed E-state index contributed by atoms with van der Waals surface area (Å²) in [7, 11) is 0. The van der Waals surface area contributed by atoms with Crippen LogP contribution in [-0.4, -0.2) is 20.4 Å². The molecule has 0 unspecified atom stereocenters. The highest BCUT2D eigenvalue weighted by Gasteiger charge is 2.02. The second-order valence-electron chi connectivity index (χ2n) is 2.67. The van der Waals surface area contributed by atoms with E-state index in [4.69, 9.17) is 5.11 Å². The van der Waals surface area contributed by atoms with E-state index in [0.717, 1.165) is 11.3 Å². The Bertz CT molecular complexity index is 410. The molecule has 2 aromatic rings. The Balaban J connectivity index is 2.49. The first-order valence-electron chi connectivity index (χ1n) is 3.79. The summed E-state index contributed by atoms with van der Waals surface area (Å²) in [5.41, 5.74) is 1.59. The molecule has 66 valence electrons. The third-order valence-electron chi connectivity index (χ3n) is 1.79. The maximum absolute atomic E-state index is 9.21. The Morgan fingerprint density at radius 2 is 1.92 bits per heavy atom. The molecule has 13 heavy (non-hydrogen) atoms. The van der Waals surface area contributed by atoms with E-state index < -0.39 is 0 Å². The van der Waals surface area contributed by atoms with Crippen LogP contribution in [0.15, 0.2) is 30.5 Å². The van der Waals surface area contributed by atoms with Gasteiger partial charge in [-0.25, -0.2) is 0 Å². The van der Waals surface area contributed by atoms with Crippen LogP contribution >= 0.6 is 0 Å². The average molecular weight is 176 g/mol. The lowest BCUT2D eigenvalue weighted by molar-refractivity contribution is 0.404. The summed E-state index contributed by atoms with van der Waals surface area (Å²) in [4.78, 5) is 0. The lowest BCUT2D eigenvalue weighted by Gasteiger charge is -2.00. The fourth-order valence-corrected chi connectivity index (χ4v) is 1.11. The summed E-state index contributed by atoms with van der Waals surface area (Å²) in [6.45, 7) is 0. The molecule has 0 aliphatic rings. The Labute approximate surface area is 74.5 Å². The molecule has 1 heterocycles. The molecule has 0 fully saturated rings. The minimum atomic E-state index is -0.132. The van der Waals surface area contributed by atoms with Gasteiger partial charge >= 0.3 is 0 Å². The summed E-state index contributed by atoms with van der Waals surface area (Å²) < 4.78 is 0. The molecular formula is C9H8N2O2. The molecule has 3 N–H and O–H groups in total. The van der Waals surface area contributed by atoms with Crippen LogP contribution in [0.5, 0.6) is 11.5 Å². The van der Waals surface area contributed by atoms with Crippen LogP contribution in [0.4, 0.5) is 0 Å². The second-order valence-corrected chi connectivity index (χ2v) is 2.67. The van der Waals surface area contributed by atoms with Crippen LogP contribution < -0.4 is 0 Å². The molecule has 1 aromatic carbocycles. The zero-order valence-electron chi connectivity index (χ0n) is 6.73. The Morgan fingerprint density at radius 3 is 2.54 bits per heavy atom. The Kier molecular flexibility index (Phi) is 1.66. The molecular weight excluding hydrogens is 168 g/mol. The topological polar surface area (TPSA) is 69.1 Å². The molecule has 0 saturated carbocycles. The molecule has 0 radical (unpaired) electrons. The Morgan fingerprint density at radius 1 is 1.08 bits per heavy atom. The molecule has 0 bridgehead atoms. The van der Waals surface area contributed by atoms with Crippen LogP contribution in [0.2, 0.25) is 0 Å². The molecule has 0 atom stereocenters. The number of aromatic hydroxyl groups is 2. The third-order valence-corrected chi connectivity index (χ3v) is 1.79. The van der Waals surface area contributed by atoms with E-state index in [1.54, 1.807) is 18.3 Å². The van der Waals surface area contributed by atoms with Gasteiger partial charge in [0.2, 0.25) is 0 Å². The number of nitrogens with one attached hydrogen (secondary N) is 1. The molecule has 1 aromatic heterocycles. The van der Waals surface area contributed by atoms with Gasteiger partial charge in [0.05, 0.1) is 5.69 Å². The SMILES string of the molecule is Oc1ccc(-c2ccn[nH]2)cc1O. The average Bonchev–Trinajstić information content (AvgIpc) is 2.62. The predicted molar refractivity (Wildman–Crippen MR) is 47.4 cm³/mol. The van der Waals surface area contributed by atoms with Gasteiger partial charge in [0.25, 0.3) is 0 Å². The van der Waals surface area contributed by atoms with E-state index in [0.29, 0.717) is 0 Å². The number of hydrogen-bond acceptors (Lipinski definition) is 3. The molecule has 2 rings (SSSR count). The fraction of sp³-hybridized carbons (Fsp3) is 0. The van der Waals surface area contributed by atoms with Crippen molar-refractivity contribution in [3.05, 3.63) is 30.5 Å². The summed E-state index contributed by atoms with van der Waals surface area (Å²) in [6.07, 6.45) is 1.62. The summed E-state index contributed by atoms with van der Waals surface area (Å²) in [6, 6.07) is 6.39. The van der Waals surface area contributed by atoms with E-state index in [1.807, 2.05) is 0 Å². The molecule has 0 aliphatic heterocycles. The number of aromatic amines is 1. The quantitative estimate of drug-likeness (QED) is 0.576. The highest BCUT2D eigenvalue weighted by Crippen LogP contribution is 2.29. The minimum absolute atomic E-state index is 0.122. The van der Waals surface area contributed by atoms with Crippen molar-refractivity contribution >= 4 is 0 Å². The molecule has 0 amide bonds. The first kappa shape index (κ1) is 7.67. The second kappa shape index (κ2) is 2.82. The number of rotatable bonds is 1. The summed E-state index contributed by atoms with van der Waals surface area (Å²) >= 11 is 0. The van der Waals surface area contributed by atoms with Gasteiger partial charge in [-0.2, -0.15) is 5.10 Å². The van der Waals surface area contributed by atoms with Gasteiger partial charge < -0.3 is 10.2 Å². The number of hydrogen-bond donors (Lipinski definition) is 3. The normalized spacial score (nSPS) is 10.2. The van der Waals surface area contributed by atoms with Crippen molar-refractivity contribution in [2.45, 2.75) is 0 Å². The zero-order chi connectivity index (χ0) is 9.26. The molecule has 0 saturated heterocycles. The predicted octanol–water partition coefficient (Wildman–Crippen LogP) is 1.49. The van der Waals surface area contributed by atoms with Crippen molar-refractivity contribution in [1.82, 2.24) is 10.2 Å². The number of H-pyrrole nitrogens is 1. The zero-order valence-corrected chi connectivity index (χ0v) is 6.73. The van der Waals surface area contributed by atoms with Crippen molar-refractivity contribution in [3.63, 3.8) is 0 Å². The monoisotopic (exact) mass is 176 g/mol. The maximum Gasteiger partial charge on any atom is 0.158 e. The van der Waals surface area contributed by atoms with E-state index >= 15 is 0 Å². The fourth-order valence-electron chi connectivity index (χ4n) is 1.11. The van der Waals surface area contributed by atoms with Crippen molar-refractivity contribution in [2.24, 2.45) is 0 Å². The molecule has 0 aliphatic carbocycles. The number of aromatic nitrogens is 2. The molecule has 0 spiro atoms. The van der Waals surface area contributed by atoms with Crippen molar-refractivity contribution in [3.8, 4) is 22.8 Å². The first-order valence-corrected chi connectivity index (χ1v) is 3.79. The van der Waals surface area contributed by atoms with Gasteiger partial charge in [-0.3, -0.25) is 5.10 Å². The smallest absolute Gasteiger partial charge is 0.158 e. The van der Waals surface area contributed by atoms with E-state index in [-0.39, 0.29) is 11.5 Å². The Hall–Kier alpha value is -1.97. The maximum atomic E-state index is 9.21.